The molecule has 0 saturated carbocycles. The van der Waals surface area contributed by atoms with E-state index in [2.05, 4.69) is 11.7 Å². The number of rotatable bonds is 6. The van der Waals surface area contributed by atoms with E-state index in [1.807, 2.05) is 18.7 Å². The molecule has 0 spiro atoms. The van der Waals surface area contributed by atoms with Crippen LogP contribution in [0.2, 0.25) is 0 Å². The van der Waals surface area contributed by atoms with E-state index in [4.69, 9.17) is 0 Å². The van der Waals surface area contributed by atoms with E-state index in [-0.39, 0.29) is 12.2 Å². The highest BCUT2D eigenvalue weighted by atomic mass is 19.2. The maximum absolute atomic E-state index is 13.8. The van der Waals surface area contributed by atoms with E-state index in [0.717, 1.165) is 17.7 Å². The SMILES string of the molecule is C=C(C)CN(CC)Cn1nc(-c2ccc(F)c(F)c2)c2ccccc2c1=O. The lowest BCUT2D eigenvalue weighted by Gasteiger charge is -2.21. The minimum absolute atomic E-state index is 0.225. The third-order valence-electron chi connectivity index (χ3n) is 4.34. The zero-order chi connectivity index (χ0) is 19.6. The van der Waals surface area contributed by atoms with E-state index < -0.39 is 11.6 Å². The van der Waals surface area contributed by atoms with Crippen molar-refractivity contribution in [3.05, 3.63) is 76.6 Å². The second-order valence-electron chi connectivity index (χ2n) is 6.57. The first-order valence-corrected chi connectivity index (χ1v) is 8.72. The van der Waals surface area contributed by atoms with Gasteiger partial charge in [0.05, 0.1) is 17.7 Å². The first kappa shape index (κ1) is 18.9. The van der Waals surface area contributed by atoms with Gasteiger partial charge in [-0.1, -0.05) is 37.3 Å². The fourth-order valence-electron chi connectivity index (χ4n) is 3.02. The van der Waals surface area contributed by atoms with Crippen LogP contribution >= 0.6 is 0 Å². The Kier molecular flexibility index (Phi) is 5.46. The molecule has 0 amide bonds. The summed E-state index contributed by atoms with van der Waals surface area (Å²) in [6.45, 7) is 9.46. The molecule has 0 fully saturated rings. The van der Waals surface area contributed by atoms with E-state index in [1.54, 1.807) is 24.3 Å². The Morgan fingerprint density at radius 2 is 1.85 bits per heavy atom. The molecule has 2 aromatic carbocycles. The zero-order valence-corrected chi connectivity index (χ0v) is 15.4. The topological polar surface area (TPSA) is 38.1 Å². The molecule has 0 bridgehead atoms. The maximum Gasteiger partial charge on any atom is 0.275 e. The first-order chi connectivity index (χ1) is 12.9. The summed E-state index contributed by atoms with van der Waals surface area (Å²) in [4.78, 5) is 14.9. The lowest BCUT2D eigenvalue weighted by molar-refractivity contribution is 0.231. The van der Waals surface area contributed by atoms with E-state index >= 15 is 0 Å². The number of hydrogen-bond acceptors (Lipinski definition) is 3. The lowest BCUT2D eigenvalue weighted by Crippen LogP contribution is -2.35. The standard InChI is InChI=1S/C21H21F2N3O/c1-4-25(12-14(2)3)13-26-21(27)17-8-6-5-7-16(17)20(24-26)15-9-10-18(22)19(23)11-15/h5-11H,2,4,12-13H2,1,3H3. The monoisotopic (exact) mass is 369 g/mol. The summed E-state index contributed by atoms with van der Waals surface area (Å²) >= 11 is 0. The predicted octanol–water partition coefficient (Wildman–Crippen LogP) is 4.20. The molecule has 1 heterocycles. The van der Waals surface area contributed by atoms with Crippen LogP contribution in [0.3, 0.4) is 0 Å². The van der Waals surface area contributed by atoms with E-state index in [1.165, 1.54) is 10.7 Å². The number of benzene rings is 2. The van der Waals surface area contributed by atoms with Gasteiger partial charge in [-0.25, -0.2) is 13.5 Å². The number of fused-ring (bicyclic) bond motifs is 1. The summed E-state index contributed by atoms with van der Waals surface area (Å²) < 4.78 is 28.5. The predicted molar refractivity (Wildman–Crippen MR) is 103 cm³/mol. The van der Waals surface area contributed by atoms with E-state index in [0.29, 0.717) is 35.1 Å². The molecule has 3 rings (SSSR count). The van der Waals surface area contributed by atoms with Gasteiger partial charge in [-0.3, -0.25) is 9.69 Å². The minimum atomic E-state index is -0.950. The van der Waals surface area contributed by atoms with Crippen molar-refractivity contribution < 1.29 is 8.78 Å². The van der Waals surface area contributed by atoms with Gasteiger partial charge in [0.1, 0.15) is 0 Å². The molecule has 0 aliphatic heterocycles. The molecular formula is C21H21F2N3O. The van der Waals surface area contributed by atoms with Gasteiger partial charge in [0.15, 0.2) is 11.6 Å². The van der Waals surface area contributed by atoms with Crippen molar-refractivity contribution in [2.45, 2.75) is 20.5 Å². The largest absolute Gasteiger partial charge is 0.281 e. The summed E-state index contributed by atoms with van der Waals surface area (Å²) in [6.07, 6.45) is 0. The molecule has 0 unspecified atom stereocenters. The molecule has 4 nitrogen and oxygen atoms in total. The molecule has 0 aliphatic carbocycles. The average Bonchev–Trinajstić information content (AvgIpc) is 2.65. The Labute approximate surface area is 156 Å². The highest BCUT2D eigenvalue weighted by molar-refractivity contribution is 5.93. The Morgan fingerprint density at radius 3 is 2.48 bits per heavy atom. The number of hydrogen-bond donors (Lipinski definition) is 0. The molecule has 0 saturated heterocycles. The van der Waals surface area contributed by atoms with Crippen molar-refractivity contribution in [2.24, 2.45) is 0 Å². The first-order valence-electron chi connectivity index (χ1n) is 8.72. The number of likely N-dealkylation sites (N-methyl/N-ethyl adjacent to an activating group) is 1. The van der Waals surface area contributed by atoms with Gasteiger partial charge in [0, 0.05) is 17.5 Å². The molecule has 0 radical (unpaired) electrons. The number of aromatic nitrogens is 2. The molecule has 0 N–H and O–H groups in total. The number of halogens is 2. The van der Waals surface area contributed by atoms with Gasteiger partial charge >= 0.3 is 0 Å². The third kappa shape index (κ3) is 3.95. The van der Waals surface area contributed by atoms with Crippen LogP contribution in [0.15, 0.2) is 59.4 Å². The van der Waals surface area contributed by atoms with Crippen LogP contribution in [0.1, 0.15) is 13.8 Å². The summed E-state index contributed by atoms with van der Waals surface area (Å²) in [7, 11) is 0. The van der Waals surface area contributed by atoms with Crippen LogP contribution in [0, 0.1) is 11.6 Å². The van der Waals surface area contributed by atoms with Crippen molar-refractivity contribution >= 4 is 10.8 Å². The summed E-state index contributed by atoms with van der Waals surface area (Å²) in [5.74, 6) is -1.87. The molecule has 1 aromatic heterocycles. The molecule has 27 heavy (non-hydrogen) atoms. The van der Waals surface area contributed by atoms with Crippen molar-refractivity contribution in [1.82, 2.24) is 14.7 Å². The normalized spacial score (nSPS) is 11.3. The molecule has 6 heteroatoms. The van der Waals surface area contributed by atoms with Crippen molar-refractivity contribution in [2.75, 3.05) is 13.1 Å². The van der Waals surface area contributed by atoms with Crippen molar-refractivity contribution in [3.63, 3.8) is 0 Å². The second-order valence-corrected chi connectivity index (χ2v) is 6.57. The van der Waals surface area contributed by atoms with Gasteiger partial charge in [0.25, 0.3) is 5.56 Å². The second kappa shape index (κ2) is 7.80. The van der Waals surface area contributed by atoms with Gasteiger partial charge in [-0.05, 0) is 37.7 Å². The molecule has 3 aromatic rings. The van der Waals surface area contributed by atoms with Gasteiger partial charge in [0.2, 0.25) is 0 Å². The van der Waals surface area contributed by atoms with Crippen LogP contribution in [-0.2, 0) is 6.67 Å². The summed E-state index contributed by atoms with van der Waals surface area (Å²) in [5, 5.41) is 5.57. The van der Waals surface area contributed by atoms with Gasteiger partial charge < -0.3 is 0 Å². The summed E-state index contributed by atoms with van der Waals surface area (Å²) in [5.41, 5.74) is 1.61. The minimum Gasteiger partial charge on any atom is -0.281 e. The Balaban J connectivity index is 2.18. The lowest BCUT2D eigenvalue weighted by atomic mass is 10.0. The number of nitrogens with zero attached hydrogens (tertiary/aromatic N) is 3. The Bertz CT molecular complexity index is 1060. The van der Waals surface area contributed by atoms with Gasteiger partial charge in [-0.2, -0.15) is 5.10 Å². The van der Waals surface area contributed by atoms with Crippen LogP contribution < -0.4 is 5.56 Å². The average molecular weight is 369 g/mol. The molecule has 0 aliphatic rings. The third-order valence-corrected chi connectivity index (χ3v) is 4.34. The maximum atomic E-state index is 13.8. The van der Waals surface area contributed by atoms with Crippen LogP contribution in [0.4, 0.5) is 8.78 Å². The smallest absolute Gasteiger partial charge is 0.275 e. The van der Waals surface area contributed by atoms with Crippen molar-refractivity contribution in [3.8, 4) is 11.3 Å². The Morgan fingerprint density at radius 1 is 1.15 bits per heavy atom. The van der Waals surface area contributed by atoms with Crippen LogP contribution in [-0.4, -0.2) is 27.8 Å². The molecule has 0 atom stereocenters. The molecule has 140 valence electrons. The fourth-order valence-corrected chi connectivity index (χ4v) is 3.02. The van der Waals surface area contributed by atoms with Crippen LogP contribution in [0.25, 0.3) is 22.0 Å². The molecular weight excluding hydrogens is 348 g/mol. The van der Waals surface area contributed by atoms with Crippen molar-refractivity contribution in [1.29, 1.82) is 0 Å². The quantitative estimate of drug-likeness (QED) is 0.611. The fraction of sp³-hybridized carbons (Fsp3) is 0.238. The highest BCUT2D eigenvalue weighted by Gasteiger charge is 2.15. The summed E-state index contributed by atoms with van der Waals surface area (Å²) in [6, 6.07) is 10.7. The van der Waals surface area contributed by atoms with Crippen LogP contribution in [0.5, 0.6) is 0 Å². The zero-order valence-electron chi connectivity index (χ0n) is 15.4. The van der Waals surface area contributed by atoms with Gasteiger partial charge in [-0.15, -0.1) is 0 Å². The Hall–Kier alpha value is -2.86. The highest BCUT2D eigenvalue weighted by Crippen LogP contribution is 2.26. The van der Waals surface area contributed by atoms with E-state index in [9.17, 15) is 13.6 Å².